The number of rotatable bonds is 10. The highest BCUT2D eigenvalue weighted by molar-refractivity contribution is 7.93. The highest BCUT2D eigenvalue weighted by Crippen LogP contribution is 2.21. The normalized spacial score (nSPS) is 11.4. The molecule has 14 heteroatoms. The molecule has 0 spiro atoms. The molecule has 0 aliphatic carbocycles. The van der Waals surface area contributed by atoms with Crippen LogP contribution in [0.25, 0.3) is 6.08 Å². The molecule has 4 rings (SSSR count). The molecule has 0 bridgehead atoms. The number of anilines is 2. The molecular formula is C24H17N5O7S2. The van der Waals surface area contributed by atoms with Gasteiger partial charge in [0.1, 0.15) is 35.5 Å². The number of carbonyl (C=O) groups excluding carboxylic acids is 1. The Morgan fingerprint density at radius 3 is 2.53 bits per heavy atom. The molecule has 4 aromatic rings. The number of furan rings is 1. The van der Waals surface area contributed by atoms with Crippen molar-refractivity contribution in [2.75, 3.05) is 10.0 Å². The van der Waals surface area contributed by atoms with Crippen molar-refractivity contribution in [3.63, 3.8) is 0 Å². The zero-order valence-corrected chi connectivity index (χ0v) is 20.9. The summed E-state index contributed by atoms with van der Waals surface area (Å²) in [7, 11) is -3.84. The van der Waals surface area contributed by atoms with Crippen LogP contribution < -0.4 is 14.8 Å². The van der Waals surface area contributed by atoms with E-state index in [-0.39, 0.29) is 39.3 Å². The first-order valence-electron chi connectivity index (χ1n) is 10.6. The number of amides is 1. The third kappa shape index (κ3) is 6.60. The van der Waals surface area contributed by atoms with Crippen molar-refractivity contribution in [2.45, 2.75) is 11.5 Å². The summed E-state index contributed by atoms with van der Waals surface area (Å²) < 4.78 is 38.3. The van der Waals surface area contributed by atoms with Crippen LogP contribution in [0.15, 0.2) is 87.1 Å². The predicted molar refractivity (Wildman–Crippen MR) is 138 cm³/mol. The maximum atomic E-state index is 12.6. The lowest BCUT2D eigenvalue weighted by Crippen LogP contribution is -2.15. The first kappa shape index (κ1) is 26.1. The van der Waals surface area contributed by atoms with Crippen molar-refractivity contribution >= 4 is 49.8 Å². The molecule has 0 unspecified atom stereocenters. The van der Waals surface area contributed by atoms with Gasteiger partial charge in [-0.15, -0.1) is 11.3 Å². The summed E-state index contributed by atoms with van der Waals surface area (Å²) >= 11 is 1.14. The molecule has 2 N–H and O–H groups in total. The minimum absolute atomic E-state index is 0.0202. The van der Waals surface area contributed by atoms with Crippen molar-refractivity contribution in [3.05, 3.63) is 99.4 Å². The first-order chi connectivity index (χ1) is 18.2. The van der Waals surface area contributed by atoms with E-state index in [1.54, 1.807) is 23.6 Å². The molecule has 0 saturated carbocycles. The lowest BCUT2D eigenvalue weighted by Gasteiger charge is -2.07. The van der Waals surface area contributed by atoms with Gasteiger partial charge < -0.3 is 14.5 Å². The Bertz CT molecular complexity index is 1620. The van der Waals surface area contributed by atoms with Gasteiger partial charge in [-0.2, -0.15) is 5.26 Å². The second kappa shape index (κ2) is 11.4. The molecule has 192 valence electrons. The van der Waals surface area contributed by atoms with Crippen LogP contribution in [0.2, 0.25) is 0 Å². The third-order valence-corrected chi connectivity index (χ3v) is 7.01. The number of benzene rings is 2. The number of nitrogens with zero attached hydrogens (tertiary/aromatic N) is 3. The Kier molecular flexibility index (Phi) is 7.80. The number of nitrogens with one attached hydrogen (secondary N) is 2. The van der Waals surface area contributed by atoms with E-state index >= 15 is 0 Å². The largest absolute Gasteiger partial charge is 0.486 e. The molecule has 0 aliphatic heterocycles. The van der Waals surface area contributed by atoms with Gasteiger partial charge in [0, 0.05) is 35.5 Å². The fraction of sp³-hybridized carbons (Fsp3) is 0.0417. The van der Waals surface area contributed by atoms with Crippen molar-refractivity contribution in [3.8, 4) is 11.8 Å². The van der Waals surface area contributed by atoms with Crippen molar-refractivity contribution in [2.24, 2.45) is 0 Å². The number of thiazole rings is 1. The quantitative estimate of drug-likeness (QED) is 0.124. The number of nitro groups is 1. The fourth-order valence-corrected chi connectivity index (χ4v) is 4.81. The Labute approximate surface area is 220 Å². The predicted octanol–water partition coefficient (Wildman–Crippen LogP) is 4.57. The van der Waals surface area contributed by atoms with Gasteiger partial charge in [0.25, 0.3) is 21.6 Å². The van der Waals surface area contributed by atoms with E-state index in [1.165, 1.54) is 60.8 Å². The molecule has 0 aliphatic rings. The standard InChI is InChI=1S/C24H17N5O7S2/c25-14-16(13-20-7-8-21(36-20)15-35-19-5-3-18(4-6-19)29(31)32)23(30)27-17-1-9-22(10-2-17)38(33,34)28-24-26-11-12-37-24/h1-13H,15H2,(H,26,28)(H,27,30)/b16-13+. The second-order valence-electron chi connectivity index (χ2n) is 7.43. The Hall–Kier alpha value is -5.00. The molecule has 2 aromatic carbocycles. The van der Waals surface area contributed by atoms with Crippen LogP contribution in [0.1, 0.15) is 11.5 Å². The summed E-state index contributed by atoms with van der Waals surface area (Å²) in [4.78, 5) is 26.6. The topological polar surface area (TPSA) is 177 Å². The molecule has 1 amide bonds. The van der Waals surface area contributed by atoms with E-state index < -0.39 is 20.9 Å². The highest BCUT2D eigenvalue weighted by Gasteiger charge is 2.16. The summed E-state index contributed by atoms with van der Waals surface area (Å²) in [5, 5.41) is 24.6. The number of aromatic nitrogens is 1. The molecule has 12 nitrogen and oxygen atoms in total. The van der Waals surface area contributed by atoms with Gasteiger partial charge in [-0.1, -0.05) is 0 Å². The number of ether oxygens (including phenoxy) is 1. The number of non-ortho nitro benzene ring substituents is 1. The maximum absolute atomic E-state index is 12.6. The minimum atomic E-state index is -3.84. The van der Waals surface area contributed by atoms with Gasteiger partial charge >= 0.3 is 0 Å². The van der Waals surface area contributed by atoms with E-state index in [0.717, 1.165) is 11.3 Å². The molecule has 38 heavy (non-hydrogen) atoms. The number of carbonyl (C=O) groups is 1. The molecule has 0 atom stereocenters. The third-order valence-electron chi connectivity index (χ3n) is 4.84. The molecular weight excluding hydrogens is 534 g/mol. The Morgan fingerprint density at radius 1 is 1.16 bits per heavy atom. The van der Waals surface area contributed by atoms with Gasteiger partial charge in [0.05, 0.1) is 9.82 Å². The molecule has 0 radical (unpaired) electrons. The number of hydrogen-bond acceptors (Lipinski definition) is 10. The van der Waals surface area contributed by atoms with Crippen molar-refractivity contribution in [1.82, 2.24) is 4.98 Å². The van der Waals surface area contributed by atoms with Gasteiger partial charge in [0.2, 0.25) is 0 Å². The second-order valence-corrected chi connectivity index (χ2v) is 10.0. The summed E-state index contributed by atoms with van der Waals surface area (Å²) in [6.45, 7) is 0.0202. The number of nitriles is 1. The van der Waals surface area contributed by atoms with Crippen LogP contribution in [0.4, 0.5) is 16.5 Å². The van der Waals surface area contributed by atoms with Crippen molar-refractivity contribution < 1.29 is 27.3 Å². The average Bonchev–Trinajstić information content (AvgIpc) is 3.58. The summed E-state index contributed by atoms with van der Waals surface area (Å²) in [5.41, 5.74) is -0.0277. The number of sulfonamides is 1. The van der Waals surface area contributed by atoms with Crippen LogP contribution >= 0.6 is 11.3 Å². The smallest absolute Gasteiger partial charge is 0.269 e. The van der Waals surface area contributed by atoms with Gasteiger partial charge in [-0.05, 0) is 48.5 Å². The van der Waals surface area contributed by atoms with Crippen LogP contribution in [0.5, 0.6) is 5.75 Å². The number of nitro benzene ring substituents is 1. The summed E-state index contributed by atoms with van der Waals surface area (Å²) in [5.74, 6) is 0.312. The van der Waals surface area contributed by atoms with E-state index in [1.807, 2.05) is 0 Å². The van der Waals surface area contributed by atoms with E-state index in [0.29, 0.717) is 11.5 Å². The Balaban J connectivity index is 1.36. The van der Waals surface area contributed by atoms with Gasteiger partial charge in [0.15, 0.2) is 5.13 Å². The minimum Gasteiger partial charge on any atom is -0.486 e. The Morgan fingerprint density at radius 2 is 1.89 bits per heavy atom. The van der Waals surface area contributed by atoms with Crippen LogP contribution in [0.3, 0.4) is 0 Å². The average molecular weight is 552 g/mol. The lowest BCUT2D eigenvalue weighted by atomic mass is 10.2. The van der Waals surface area contributed by atoms with Crippen molar-refractivity contribution in [1.29, 1.82) is 5.26 Å². The molecule has 2 aromatic heterocycles. The first-order valence-corrected chi connectivity index (χ1v) is 13.0. The van der Waals surface area contributed by atoms with E-state index in [4.69, 9.17) is 9.15 Å². The monoisotopic (exact) mass is 551 g/mol. The zero-order chi connectivity index (χ0) is 27.1. The highest BCUT2D eigenvalue weighted by atomic mass is 32.2. The van der Waals surface area contributed by atoms with Crippen LogP contribution in [0, 0.1) is 21.4 Å². The SMILES string of the molecule is N#C/C(=C\c1ccc(COc2ccc([N+](=O)[O-])cc2)o1)C(=O)Nc1ccc(S(=O)(=O)Nc2nccs2)cc1. The van der Waals surface area contributed by atoms with Gasteiger partial charge in [-0.25, -0.2) is 13.4 Å². The summed E-state index contributed by atoms with van der Waals surface area (Å²) in [6, 6.07) is 15.9. The van der Waals surface area contributed by atoms with E-state index in [2.05, 4.69) is 15.0 Å². The summed E-state index contributed by atoms with van der Waals surface area (Å²) in [6.07, 6.45) is 2.72. The molecule has 0 fully saturated rings. The fourth-order valence-electron chi connectivity index (χ4n) is 3.02. The lowest BCUT2D eigenvalue weighted by molar-refractivity contribution is -0.384. The van der Waals surface area contributed by atoms with Crippen LogP contribution in [-0.2, 0) is 21.4 Å². The van der Waals surface area contributed by atoms with Gasteiger partial charge in [-0.3, -0.25) is 19.6 Å². The number of hydrogen-bond donors (Lipinski definition) is 2. The molecule has 0 saturated heterocycles. The zero-order valence-electron chi connectivity index (χ0n) is 19.2. The maximum Gasteiger partial charge on any atom is 0.269 e. The van der Waals surface area contributed by atoms with Crippen LogP contribution in [-0.4, -0.2) is 24.2 Å². The molecule has 2 heterocycles. The van der Waals surface area contributed by atoms with E-state index in [9.17, 15) is 28.6 Å².